The van der Waals surface area contributed by atoms with Crippen LogP contribution in [0.5, 0.6) is 5.75 Å². The molecule has 1 atom stereocenters. The Labute approximate surface area is 287 Å². The minimum Gasteiger partial charge on any atom is -0.496 e. The molecule has 1 aliphatic rings. The van der Waals surface area contributed by atoms with Gasteiger partial charge < -0.3 is 25.0 Å². The number of hydrogen-bond acceptors (Lipinski definition) is 8. The first kappa shape index (κ1) is 34.6. The summed E-state index contributed by atoms with van der Waals surface area (Å²) in [5.41, 5.74) is 2.46. The molecule has 0 aliphatic carbocycles. The van der Waals surface area contributed by atoms with Crippen molar-refractivity contribution < 1.29 is 28.2 Å². The number of benzene rings is 2. The molecule has 0 bridgehead atoms. The van der Waals surface area contributed by atoms with Crippen LogP contribution in [-0.4, -0.2) is 58.5 Å². The molecule has 2 amide bonds. The van der Waals surface area contributed by atoms with Crippen LogP contribution >= 0.6 is 23.2 Å². The summed E-state index contributed by atoms with van der Waals surface area (Å²) in [5.74, 6) is -0.492. The Morgan fingerprint density at radius 1 is 1.10 bits per heavy atom. The number of ether oxygens (including phenoxy) is 2. The molecule has 1 aliphatic heterocycles. The molecule has 0 unspecified atom stereocenters. The summed E-state index contributed by atoms with van der Waals surface area (Å²) in [5, 5.41) is 6.34. The highest BCUT2D eigenvalue weighted by Gasteiger charge is 2.29. The summed E-state index contributed by atoms with van der Waals surface area (Å²) in [6, 6.07) is 13.4. The third kappa shape index (κ3) is 7.86. The first-order valence-electron chi connectivity index (χ1n) is 15.1. The molecule has 13 heteroatoms. The molecule has 10 nitrogen and oxygen atoms in total. The highest BCUT2D eigenvalue weighted by atomic mass is 35.5. The van der Waals surface area contributed by atoms with Crippen molar-refractivity contribution in [1.29, 1.82) is 0 Å². The first-order chi connectivity index (χ1) is 22.9. The smallest absolute Gasteiger partial charge is 0.410 e. The summed E-state index contributed by atoms with van der Waals surface area (Å²) in [7, 11) is 1.53. The number of carbonyl (C=O) groups excluding carboxylic acids is 3. The molecule has 2 aromatic carbocycles. The summed E-state index contributed by atoms with van der Waals surface area (Å²) < 4.78 is 26.1. The van der Waals surface area contributed by atoms with Crippen molar-refractivity contribution in [2.24, 2.45) is 0 Å². The molecule has 4 aromatic rings. The lowest BCUT2D eigenvalue weighted by atomic mass is 10.0. The van der Waals surface area contributed by atoms with E-state index in [1.54, 1.807) is 62.2 Å². The lowest BCUT2D eigenvalue weighted by Crippen LogP contribution is -2.43. The lowest BCUT2D eigenvalue weighted by Gasteiger charge is -2.29. The molecule has 0 radical (unpaired) electrons. The highest BCUT2D eigenvalue weighted by molar-refractivity contribution is 6.39. The number of aldehydes is 1. The molecule has 2 aromatic heterocycles. The van der Waals surface area contributed by atoms with Crippen LogP contribution in [-0.2, 0) is 16.1 Å². The van der Waals surface area contributed by atoms with Gasteiger partial charge in [-0.2, -0.15) is 0 Å². The Kier molecular flexibility index (Phi) is 10.5. The minimum atomic E-state index is -0.796. The zero-order valence-corrected chi connectivity index (χ0v) is 28.3. The van der Waals surface area contributed by atoms with Crippen molar-refractivity contribution in [2.75, 3.05) is 19.0 Å². The van der Waals surface area contributed by atoms with Crippen molar-refractivity contribution in [3.8, 4) is 28.1 Å². The van der Waals surface area contributed by atoms with Crippen molar-refractivity contribution in [2.45, 2.75) is 51.8 Å². The largest absolute Gasteiger partial charge is 0.496 e. The predicted molar refractivity (Wildman–Crippen MR) is 182 cm³/mol. The summed E-state index contributed by atoms with van der Waals surface area (Å²) >= 11 is 13.8. The van der Waals surface area contributed by atoms with Crippen molar-refractivity contribution in [1.82, 2.24) is 20.2 Å². The van der Waals surface area contributed by atoms with Gasteiger partial charge in [0.1, 0.15) is 11.4 Å². The van der Waals surface area contributed by atoms with Gasteiger partial charge in [-0.05, 0) is 51.5 Å². The topological polar surface area (TPSA) is 123 Å². The second-order valence-corrected chi connectivity index (χ2v) is 12.9. The number of aromatic nitrogens is 2. The number of hydrogen-bond donors (Lipinski definition) is 2. The Morgan fingerprint density at radius 2 is 1.85 bits per heavy atom. The lowest BCUT2D eigenvalue weighted by molar-refractivity contribution is -0.119. The third-order valence-electron chi connectivity index (χ3n) is 7.58. The van der Waals surface area contributed by atoms with Crippen LogP contribution in [0.4, 0.5) is 20.7 Å². The molecular formula is C35H34Cl2FN5O5. The van der Waals surface area contributed by atoms with Gasteiger partial charge in [0.05, 0.1) is 40.6 Å². The van der Waals surface area contributed by atoms with Crippen LogP contribution in [0.15, 0.2) is 60.9 Å². The maximum absolute atomic E-state index is 14.7. The van der Waals surface area contributed by atoms with Crippen molar-refractivity contribution in [3.05, 3.63) is 87.9 Å². The van der Waals surface area contributed by atoms with E-state index in [4.69, 9.17) is 32.7 Å². The molecule has 2 N–H and O–H groups in total. The number of carbonyl (C=O) groups is 3. The fraction of sp³-hybridized carbons (Fsp3) is 0.286. The standard InChI is InChI=1S/C35H34Cl2FN5O5/c1-35(2,3)48-34(46)43(18-23-10-11-28(45)41-23)17-21-9-8-20(16-27(21)47-4)32-30(37)25(13-15-39-32)24-6-5-7-26(29(24)36)42-33-31(38)22(19-44)12-14-40-33/h5-9,12-16,19,23H,10-11,17-18H2,1-4H3,(H,40,42)(H,41,45)/t23-/m0/s1. The van der Waals surface area contributed by atoms with Crippen LogP contribution in [0.25, 0.3) is 22.4 Å². The molecule has 0 spiro atoms. The molecular weight excluding hydrogens is 660 g/mol. The Balaban J connectivity index is 1.44. The Morgan fingerprint density at radius 3 is 2.54 bits per heavy atom. The number of nitrogens with zero attached hydrogens (tertiary/aromatic N) is 3. The monoisotopic (exact) mass is 693 g/mol. The van der Waals surface area contributed by atoms with E-state index in [0.29, 0.717) is 63.5 Å². The number of amides is 2. The number of halogens is 3. The number of anilines is 2. The van der Waals surface area contributed by atoms with Crippen LogP contribution in [0.2, 0.25) is 10.0 Å². The molecule has 48 heavy (non-hydrogen) atoms. The normalized spacial score (nSPS) is 14.3. The zero-order valence-electron chi connectivity index (χ0n) is 26.8. The van der Waals surface area contributed by atoms with E-state index >= 15 is 0 Å². The van der Waals surface area contributed by atoms with E-state index < -0.39 is 17.5 Å². The SMILES string of the molecule is COc1cc(-c2nccc(-c3cccc(Nc4nccc(C=O)c4F)c3Cl)c2Cl)ccc1CN(C[C@@H]1CCC(=O)N1)C(=O)OC(C)(C)C. The second kappa shape index (κ2) is 14.6. The van der Waals surface area contributed by atoms with Crippen LogP contribution < -0.4 is 15.4 Å². The van der Waals surface area contributed by atoms with E-state index in [1.165, 1.54) is 19.4 Å². The fourth-order valence-corrected chi connectivity index (χ4v) is 5.89. The van der Waals surface area contributed by atoms with Gasteiger partial charge in [0.15, 0.2) is 17.9 Å². The van der Waals surface area contributed by atoms with Gasteiger partial charge >= 0.3 is 6.09 Å². The van der Waals surface area contributed by atoms with E-state index in [1.807, 2.05) is 12.1 Å². The van der Waals surface area contributed by atoms with Gasteiger partial charge in [-0.15, -0.1) is 0 Å². The quantitative estimate of drug-likeness (QED) is 0.161. The molecule has 250 valence electrons. The number of nitrogens with one attached hydrogen (secondary N) is 2. The van der Waals surface area contributed by atoms with Gasteiger partial charge in [0.2, 0.25) is 5.91 Å². The summed E-state index contributed by atoms with van der Waals surface area (Å²) in [6.07, 6.45) is 3.86. The summed E-state index contributed by atoms with van der Waals surface area (Å²) in [6.45, 7) is 5.84. The Bertz CT molecular complexity index is 1870. The first-order valence-corrected chi connectivity index (χ1v) is 15.9. The van der Waals surface area contributed by atoms with Crippen molar-refractivity contribution in [3.63, 3.8) is 0 Å². The van der Waals surface area contributed by atoms with Crippen molar-refractivity contribution >= 4 is 53.0 Å². The highest BCUT2D eigenvalue weighted by Crippen LogP contribution is 2.42. The predicted octanol–water partition coefficient (Wildman–Crippen LogP) is 7.84. The van der Waals surface area contributed by atoms with Crippen LogP contribution in [0, 0.1) is 5.82 Å². The molecule has 5 rings (SSSR count). The van der Waals surface area contributed by atoms with E-state index in [9.17, 15) is 18.8 Å². The third-order valence-corrected chi connectivity index (χ3v) is 8.37. The van der Waals surface area contributed by atoms with E-state index in [2.05, 4.69) is 20.6 Å². The molecule has 1 saturated heterocycles. The minimum absolute atomic E-state index is 0.0442. The average Bonchev–Trinajstić information content (AvgIpc) is 3.46. The zero-order chi connectivity index (χ0) is 34.6. The number of methoxy groups -OCH3 is 1. The maximum Gasteiger partial charge on any atom is 0.410 e. The maximum atomic E-state index is 14.7. The van der Waals surface area contributed by atoms with Gasteiger partial charge in [0.25, 0.3) is 0 Å². The molecule has 0 saturated carbocycles. The van der Waals surface area contributed by atoms with Gasteiger partial charge in [-0.1, -0.05) is 47.5 Å². The fourth-order valence-electron chi connectivity index (χ4n) is 5.29. The Hall–Kier alpha value is -4.74. The van der Waals surface area contributed by atoms with Gasteiger partial charge in [0, 0.05) is 53.7 Å². The summed E-state index contributed by atoms with van der Waals surface area (Å²) in [4.78, 5) is 46.3. The number of pyridine rings is 2. The second-order valence-electron chi connectivity index (χ2n) is 12.2. The van der Waals surface area contributed by atoms with Crippen LogP contribution in [0.1, 0.15) is 49.5 Å². The van der Waals surface area contributed by atoms with Crippen LogP contribution in [0.3, 0.4) is 0 Å². The van der Waals surface area contributed by atoms with Gasteiger partial charge in [-0.25, -0.2) is 14.2 Å². The average molecular weight is 695 g/mol. The van der Waals surface area contributed by atoms with E-state index in [0.717, 1.165) is 0 Å². The molecule has 1 fully saturated rings. The van der Waals surface area contributed by atoms with Gasteiger partial charge in [-0.3, -0.25) is 14.6 Å². The van der Waals surface area contributed by atoms with E-state index in [-0.39, 0.29) is 41.4 Å². The molecule has 3 heterocycles. The number of rotatable bonds is 10.